The van der Waals surface area contributed by atoms with Crippen molar-refractivity contribution < 1.29 is 45.4 Å². The summed E-state index contributed by atoms with van der Waals surface area (Å²) in [6, 6.07) is -1.04. The number of rotatable bonds is 9. The Kier molecular flexibility index (Phi) is 16.3. The number of hydrogen-bond acceptors (Lipinski definition) is 7. The quantitative estimate of drug-likeness (QED) is 0.147. The molecule has 16 heteroatoms. The van der Waals surface area contributed by atoms with Crippen LogP contribution >= 0.6 is 15.9 Å². The Morgan fingerprint density at radius 1 is 0.765 bits per heavy atom. The van der Waals surface area contributed by atoms with Crippen molar-refractivity contribution >= 4 is 27.9 Å². The molecule has 0 aromatic carbocycles. The van der Waals surface area contributed by atoms with Gasteiger partial charge in [0.05, 0.1) is 36.4 Å². The summed E-state index contributed by atoms with van der Waals surface area (Å²) in [7, 11) is 3.47. The molecule has 0 saturated heterocycles. The Labute approximate surface area is 302 Å². The molecule has 0 saturated carbocycles. The zero-order chi connectivity index (χ0) is 39.7. The average Bonchev–Trinajstić information content (AvgIpc) is 2.95. The number of halogens is 7. The van der Waals surface area contributed by atoms with E-state index in [1.807, 2.05) is 41.5 Å². The minimum Gasteiger partial charge on any atom is -0.464 e. The lowest BCUT2D eigenvalue weighted by Crippen LogP contribution is -2.34. The molecule has 2 rings (SSSR count). The molecule has 0 N–H and O–H groups in total. The van der Waals surface area contributed by atoms with Crippen molar-refractivity contribution in [3.8, 4) is 11.8 Å². The summed E-state index contributed by atoms with van der Waals surface area (Å²) >= 11 is 2.82. The van der Waals surface area contributed by atoms with Crippen LogP contribution in [-0.2, 0) is 31.4 Å². The summed E-state index contributed by atoms with van der Waals surface area (Å²) in [5.74, 6) is 3.83. The Balaban J connectivity index is 0.000000520. The molecule has 286 valence electrons. The molecule has 2 atom stereocenters. The van der Waals surface area contributed by atoms with Gasteiger partial charge in [0.1, 0.15) is 12.1 Å². The van der Waals surface area contributed by atoms with Crippen LogP contribution in [0.2, 0.25) is 0 Å². The maximum absolute atomic E-state index is 13.4. The highest BCUT2D eigenvalue weighted by atomic mass is 79.9. The van der Waals surface area contributed by atoms with Gasteiger partial charge in [-0.3, -0.25) is 19.1 Å². The highest BCUT2D eigenvalue weighted by Gasteiger charge is 2.37. The summed E-state index contributed by atoms with van der Waals surface area (Å²) < 4.78 is 90.4. The van der Waals surface area contributed by atoms with Crippen molar-refractivity contribution in [3.05, 3.63) is 66.4 Å². The smallest absolute Gasteiger partial charge is 0.417 e. The Hall–Kier alpha value is -3.58. The number of esters is 2. The highest BCUT2D eigenvalue weighted by molar-refractivity contribution is 9.10. The number of hydrogen-bond donors (Lipinski definition) is 0. The SMILES string of the molecule is CCOC(=O)C(CC(C)(C)C)n1cc(Br)c(C(F)(F)F)cc1=O.CCOC(=O)C(CC(C)(C)C)n1cc(C#CCN(C)C)c(C(F)(F)F)cc1=O. The summed E-state index contributed by atoms with van der Waals surface area (Å²) in [6.45, 7) is 14.9. The third-order valence-electron chi connectivity index (χ3n) is 6.74. The first-order valence-corrected chi connectivity index (χ1v) is 16.7. The molecule has 0 aliphatic carbocycles. The zero-order valence-corrected chi connectivity index (χ0v) is 32.0. The molecule has 0 aliphatic heterocycles. The van der Waals surface area contributed by atoms with Crippen molar-refractivity contribution in [2.45, 2.75) is 92.7 Å². The molecule has 51 heavy (non-hydrogen) atoms. The van der Waals surface area contributed by atoms with E-state index in [-0.39, 0.29) is 53.5 Å². The van der Waals surface area contributed by atoms with E-state index in [1.54, 1.807) is 32.8 Å². The number of nitrogens with zero attached hydrogens (tertiary/aromatic N) is 3. The van der Waals surface area contributed by atoms with Gasteiger partial charge in [0, 0.05) is 29.0 Å². The second kappa shape index (κ2) is 18.3. The summed E-state index contributed by atoms with van der Waals surface area (Å²) in [6.07, 6.45) is -6.89. The third kappa shape index (κ3) is 14.9. The van der Waals surface area contributed by atoms with Crippen LogP contribution in [0.25, 0.3) is 0 Å². The first-order chi connectivity index (χ1) is 23.1. The minimum absolute atomic E-state index is 0.102. The van der Waals surface area contributed by atoms with Gasteiger partial charge in [-0.1, -0.05) is 53.4 Å². The number of carbonyl (C=O) groups is 2. The molecule has 2 unspecified atom stereocenters. The number of ether oxygens (including phenoxy) is 2. The molecule has 2 aromatic rings. The van der Waals surface area contributed by atoms with E-state index < -0.39 is 58.6 Å². The van der Waals surface area contributed by atoms with Gasteiger partial charge in [-0.2, -0.15) is 26.3 Å². The van der Waals surface area contributed by atoms with E-state index in [0.29, 0.717) is 12.1 Å². The lowest BCUT2D eigenvalue weighted by Gasteiger charge is -2.26. The molecule has 0 bridgehead atoms. The predicted molar refractivity (Wildman–Crippen MR) is 184 cm³/mol. The molecule has 0 spiro atoms. The Morgan fingerprint density at radius 2 is 1.16 bits per heavy atom. The van der Waals surface area contributed by atoms with Gasteiger partial charge in [0.25, 0.3) is 11.1 Å². The standard InChI is InChI=1S/C20H27F3N2O3.C15H19BrF3NO3/c1-7-28-18(27)16(12-19(2,3)4)25-13-14(9-8-10-24(5)6)15(11-17(25)26)20(21,22)23;1-5-23-13(22)11(7-14(2,3)4)20-8-10(16)9(6-12(20)21)15(17,18)19/h11,13,16H,7,10,12H2,1-6H3;6,8,11H,5,7H2,1-4H3. The van der Waals surface area contributed by atoms with Gasteiger partial charge in [-0.25, -0.2) is 9.59 Å². The van der Waals surface area contributed by atoms with Crippen LogP contribution in [0.1, 0.15) is 97.0 Å². The van der Waals surface area contributed by atoms with Gasteiger partial charge >= 0.3 is 24.3 Å². The fraction of sp³-hybridized carbons (Fsp3) is 0.600. The first kappa shape index (κ1) is 45.4. The van der Waals surface area contributed by atoms with Crippen molar-refractivity contribution in [2.24, 2.45) is 10.8 Å². The van der Waals surface area contributed by atoms with Crippen LogP contribution in [0.5, 0.6) is 0 Å². The van der Waals surface area contributed by atoms with Gasteiger partial charge in [-0.05, 0) is 67.5 Å². The molecule has 9 nitrogen and oxygen atoms in total. The van der Waals surface area contributed by atoms with E-state index in [9.17, 15) is 45.5 Å². The molecule has 0 aliphatic rings. The predicted octanol–water partition coefficient (Wildman–Crippen LogP) is 7.49. The number of aromatic nitrogens is 2. The van der Waals surface area contributed by atoms with Crippen molar-refractivity contribution in [1.82, 2.24) is 14.0 Å². The van der Waals surface area contributed by atoms with Gasteiger partial charge in [-0.15, -0.1) is 0 Å². The van der Waals surface area contributed by atoms with E-state index >= 15 is 0 Å². The minimum atomic E-state index is -4.73. The molecule has 2 heterocycles. The molecule has 0 radical (unpaired) electrons. The van der Waals surface area contributed by atoms with E-state index in [2.05, 4.69) is 27.8 Å². The first-order valence-electron chi connectivity index (χ1n) is 15.9. The lowest BCUT2D eigenvalue weighted by atomic mass is 9.88. The highest BCUT2D eigenvalue weighted by Crippen LogP contribution is 2.36. The van der Waals surface area contributed by atoms with Crippen LogP contribution in [0, 0.1) is 22.7 Å². The molecule has 2 aromatic heterocycles. The van der Waals surface area contributed by atoms with Crippen LogP contribution in [0.4, 0.5) is 26.3 Å². The second-order valence-electron chi connectivity index (χ2n) is 14.2. The Bertz CT molecular complexity index is 1690. The summed E-state index contributed by atoms with van der Waals surface area (Å²) in [4.78, 5) is 50.8. The topological polar surface area (TPSA) is 99.8 Å². The van der Waals surface area contributed by atoms with Crippen LogP contribution < -0.4 is 11.1 Å². The van der Waals surface area contributed by atoms with Gasteiger partial charge in [0.2, 0.25) is 0 Å². The van der Waals surface area contributed by atoms with Gasteiger partial charge in [0.15, 0.2) is 0 Å². The summed E-state index contributed by atoms with van der Waals surface area (Å²) in [5.41, 5.74) is -5.05. The van der Waals surface area contributed by atoms with Crippen LogP contribution in [-0.4, -0.2) is 59.8 Å². The van der Waals surface area contributed by atoms with E-state index in [1.165, 1.54) is 0 Å². The zero-order valence-electron chi connectivity index (χ0n) is 30.4. The van der Waals surface area contributed by atoms with Crippen LogP contribution in [0.3, 0.4) is 0 Å². The maximum Gasteiger partial charge on any atom is 0.417 e. The monoisotopic (exact) mass is 797 g/mol. The number of pyridine rings is 2. The molecular weight excluding hydrogens is 752 g/mol. The van der Waals surface area contributed by atoms with Crippen molar-refractivity contribution in [2.75, 3.05) is 33.9 Å². The van der Waals surface area contributed by atoms with Crippen molar-refractivity contribution in [3.63, 3.8) is 0 Å². The fourth-order valence-corrected chi connectivity index (χ4v) is 5.19. The Morgan fingerprint density at radius 3 is 1.51 bits per heavy atom. The molecule has 0 fully saturated rings. The maximum atomic E-state index is 13.4. The van der Waals surface area contributed by atoms with Crippen molar-refractivity contribution in [1.29, 1.82) is 0 Å². The summed E-state index contributed by atoms with van der Waals surface area (Å²) in [5, 5.41) is 0. The molecule has 0 amide bonds. The fourth-order valence-electron chi connectivity index (χ4n) is 4.63. The van der Waals surface area contributed by atoms with E-state index in [0.717, 1.165) is 21.5 Å². The van der Waals surface area contributed by atoms with Gasteiger partial charge < -0.3 is 14.0 Å². The van der Waals surface area contributed by atoms with E-state index in [4.69, 9.17) is 9.47 Å². The lowest BCUT2D eigenvalue weighted by molar-refractivity contribution is -0.149. The largest absolute Gasteiger partial charge is 0.464 e. The number of alkyl halides is 6. The third-order valence-corrected chi connectivity index (χ3v) is 7.37. The molecular formula is C35H46BrF6N3O6. The second-order valence-corrected chi connectivity index (χ2v) is 15.1. The number of carbonyl (C=O) groups excluding carboxylic acids is 2. The normalized spacial score (nSPS) is 13.4. The van der Waals surface area contributed by atoms with Crippen LogP contribution in [0.15, 0.2) is 38.6 Å². The average molecular weight is 799 g/mol.